The van der Waals surface area contributed by atoms with E-state index in [1.807, 2.05) is 34.1 Å². The highest BCUT2D eigenvalue weighted by Crippen LogP contribution is 2.39. The number of amides is 3. The smallest absolute Gasteiger partial charge is 0.255 e. The lowest BCUT2D eigenvalue weighted by Gasteiger charge is -2.53. The summed E-state index contributed by atoms with van der Waals surface area (Å²) in [6.45, 7) is 6.90. The summed E-state index contributed by atoms with van der Waals surface area (Å²) < 4.78 is 0. The van der Waals surface area contributed by atoms with E-state index in [2.05, 4.69) is 18.7 Å². The molecule has 0 unspecified atom stereocenters. The highest BCUT2D eigenvalue weighted by atomic mass is 16.2. The summed E-state index contributed by atoms with van der Waals surface area (Å²) in [5, 5.41) is 0. The van der Waals surface area contributed by atoms with Crippen LogP contribution in [0.2, 0.25) is 0 Å². The number of carbonyl (C=O) groups excluding carboxylic acids is 3. The van der Waals surface area contributed by atoms with E-state index in [-0.39, 0.29) is 23.8 Å². The highest BCUT2D eigenvalue weighted by Gasteiger charge is 2.47. The molecular formula is C25H33N3O3. The lowest BCUT2D eigenvalue weighted by Crippen LogP contribution is -2.63. The fraction of sp³-hybridized carbons (Fsp3) is 0.640. The molecule has 0 N–H and O–H groups in total. The van der Waals surface area contributed by atoms with Gasteiger partial charge in [0.15, 0.2) is 0 Å². The van der Waals surface area contributed by atoms with Crippen LogP contribution in [0.15, 0.2) is 24.3 Å². The summed E-state index contributed by atoms with van der Waals surface area (Å²) in [6.07, 6.45) is 4.65. The number of nitrogens with zero attached hydrogens (tertiary/aromatic N) is 3. The Bertz CT molecular complexity index is 900. The minimum Gasteiger partial charge on any atom is -0.340 e. The van der Waals surface area contributed by atoms with E-state index in [0.29, 0.717) is 43.8 Å². The fourth-order valence-corrected chi connectivity index (χ4v) is 6.39. The van der Waals surface area contributed by atoms with E-state index in [1.165, 1.54) is 0 Å². The van der Waals surface area contributed by atoms with Crippen molar-refractivity contribution < 1.29 is 14.4 Å². The Morgan fingerprint density at radius 3 is 2.74 bits per heavy atom. The van der Waals surface area contributed by atoms with Gasteiger partial charge >= 0.3 is 0 Å². The molecule has 5 rings (SSSR count). The third-order valence-electron chi connectivity index (χ3n) is 8.11. The van der Waals surface area contributed by atoms with Gasteiger partial charge in [-0.15, -0.1) is 0 Å². The third kappa shape index (κ3) is 3.44. The Hall–Kier alpha value is -2.37. The topological polar surface area (TPSA) is 60.9 Å². The first-order chi connectivity index (χ1) is 15.0. The number of piperidine rings is 3. The number of hydrogen-bond acceptors (Lipinski definition) is 3. The molecule has 0 saturated carbocycles. The Kier molecular flexibility index (Phi) is 5.27. The van der Waals surface area contributed by atoms with Crippen molar-refractivity contribution >= 4 is 17.7 Å². The molecule has 1 aromatic carbocycles. The molecule has 4 aliphatic rings. The van der Waals surface area contributed by atoms with E-state index < -0.39 is 6.04 Å². The van der Waals surface area contributed by atoms with E-state index in [9.17, 15) is 14.4 Å². The average molecular weight is 424 g/mol. The minimum atomic E-state index is -0.423. The van der Waals surface area contributed by atoms with Crippen LogP contribution in [0.25, 0.3) is 0 Å². The van der Waals surface area contributed by atoms with Crippen LogP contribution < -0.4 is 0 Å². The predicted molar refractivity (Wildman–Crippen MR) is 117 cm³/mol. The van der Waals surface area contributed by atoms with Crippen molar-refractivity contribution in [2.24, 2.45) is 17.8 Å². The number of likely N-dealkylation sites (tertiary alicyclic amines) is 1. The molecule has 1 aromatic rings. The van der Waals surface area contributed by atoms with Crippen LogP contribution in [0.1, 0.15) is 61.9 Å². The molecule has 0 aliphatic carbocycles. The molecule has 2 bridgehead atoms. The maximum Gasteiger partial charge on any atom is 0.255 e. The Balaban J connectivity index is 1.37. The monoisotopic (exact) mass is 423 g/mol. The second-order valence-corrected chi connectivity index (χ2v) is 10.0. The molecule has 3 fully saturated rings. The van der Waals surface area contributed by atoms with Crippen LogP contribution >= 0.6 is 0 Å². The zero-order chi connectivity index (χ0) is 21.7. The van der Waals surface area contributed by atoms with Crippen molar-refractivity contribution in [3.63, 3.8) is 0 Å². The fourth-order valence-electron chi connectivity index (χ4n) is 6.39. The van der Waals surface area contributed by atoms with Gasteiger partial charge in [-0.05, 0) is 48.6 Å². The van der Waals surface area contributed by atoms with Gasteiger partial charge in [0.05, 0.1) is 0 Å². The van der Waals surface area contributed by atoms with Crippen LogP contribution in [0.3, 0.4) is 0 Å². The van der Waals surface area contributed by atoms with Gasteiger partial charge < -0.3 is 14.7 Å². The lowest BCUT2D eigenvalue weighted by atomic mass is 9.75. The normalized spacial score (nSPS) is 29.5. The quantitative estimate of drug-likeness (QED) is 0.748. The van der Waals surface area contributed by atoms with Gasteiger partial charge in [0.2, 0.25) is 11.8 Å². The molecule has 31 heavy (non-hydrogen) atoms. The van der Waals surface area contributed by atoms with Crippen molar-refractivity contribution in [1.82, 2.24) is 14.7 Å². The number of hydrogen-bond donors (Lipinski definition) is 0. The Morgan fingerprint density at radius 2 is 1.97 bits per heavy atom. The van der Waals surface area contributed by atoms with Gasteiger partial charge in [0.1, 0.15) is 6.04 Å². The molecule has 0 spiro atoms. The molecule has 4 heterocycles. The van der Waals surface area contributed by atoms with Gasteiger partial charge in [-0.1, -0.05) is 38.5 Å². The number of fused-ring (bicyclic) bond motifs is 5. The van der Waals surface area contributed by atoms with Gasteiger partial charge in [-0.3, -0.25) is 14.4 Å². The summed E-state index contributed by atoms with van der Waals surface area (Å²) in [6, 6.07) is 7.57. The first-order valence-corrected chi connectivity index (χ1v) is 11.9. The highest BCUT2D eigenvalue weighted by molar-refractivity contribution is 6.01. The lowest BCUT2D eigenvalue weighted by molar-refractivity contribution is -0.151. The molecule has 3 saturated heterocycles. The maximum atomic E-state index is 13.9. The average Bonchev–Trinajstić information content (AvgIpc) is 3.10. The first-order valence-electron chi connectivity index (χ1n) is 11.9. The SMILES string of the molecule is CC[C@H](C)[C@@H](C(=O)N1C[C@H]2C[C@@H](C1)[C@@H]1CCCC(=O)N1C2)N1Cc2ccccc2C1=O. The molecule has 3 amide bonds. The zero-order valence-electron chi connectivity index (χ0n) is 18.6. The molecular weight excluding hydrogens is 390 g/mol. The van der Waals surface area contributed by atoms with E-state index in [0.717, 1.165) is 43.4 Å². The Morgan fingerprint density at radius 1 is 1.16 bits per heavy atom. The van der Waals surface area contributed by atoms with Crippen molar-refractivity contribution in [2.75, 3.05) is 19.6 Å². The molecule has 166 valence electrons. The van der Waals surface area contributed by atoms with Crippen LogP contribution in [0, 0.1) is 17.8 Å². The molecule has 6 nitrogen and oxygen atoms in total. The van der Waals surface area contributed by atoms with Crippen molar-refractivity contribution in [3.05, 3.63) is 35.4 Å². The summed E-state index contributed by atoms with van der Waals surface area (Å²) in [4.78, 5) is 45.4. The predicted octanol–water partition coefficient (Wildman–Crippen LogP) is 2.92. The standard InChI is InChI=1S/C25H33N3O3/c1-3-16(2)23(28-15-18-7-4-5-8-20(18)24(28)30)25(31)26-12-17-11-19(14-26)21-9-6-10-22(29)27(21)13-17/h4-5,7-8,16-17,19,21,23H,3,6,9-15H2,1-2H3/t16-,17+,19-,21-,23-/m0/s1. The van der Waals surface area contributed by atoms with Gasteiger partial charge in [0, 0.05) is 44.2 Å². The molecule has 6 heteroatoms. The molecule has 0 aromatic heterocycles. The minimum absolute atomic E-state index is 0.0181. The number of carbonyl (C=O) groups is 3. The second kappa shape index (κ2) is 7.95. The summed E-state index contributed by atoms with van der Waals surface area (Å²) in [5.74, 6) is 1.19. The van der Waals surface area contributed by atoms with Crippen LogP contribution in [0.5, 0.6) is 0 Å². The number of rotatable bonds is 4. The van der Waals surface area contributed by atoms with Gasteiger partial charge in [0.25, 0.3) is 5.91 Å². The van der Waals surface area contributed by atoms with E-state index >= 15 is 0 Å². The van der Waals surface area contributed by atoms with Crippen molar-refractivity contribution in [3.8, 4) is 0 Å². The van der Waals surface area contributed by atoms with E-state index in [1.54, 1.807) is 0 Å². The van der Waals surface area contributed by atoms with Crippen molar-refractivity contribution in [2.45, 2.75) is 64.6 Å². The summed E-state index contributed by atoms with van der Waals surface area (Å²) in [7, 11) is 0. The maximum absolute atomic E-state index is 13.9. The number of benzene rings is 1. The van der Waals surface area contributed by atoms with Crippen LogP contribution in [-0.4, -0.2) is 64.1 Å². The third-order valence-corrected chi connectivity index (χ3v) is 8.11. The largest absolute Gasteiger partial charge is 0.340 e. The first kappa shape index (κ1) is 20.5. The molecule has 4 aliphatic heterocycles. The van der Waals surface area contributed by atoms with Crippen LogP contribution in [0.4, 0.5) is 0 Å². The van der Waals surface area contributed by atoms with Crippen LogP contribution in [-0.2, 0) is 16.1 Å². The molecule has 5 atom stereocenters. The van der Waals surface area contributed by atoms with Gasteiger partial charge in [-0.25, -0.2) is 0 Å². The van der Waals surface area contributed by atoms with Gasteiger partial charge in [-0.2, -0.15) is 0 Å². The summed E-state index contributed by atoms with van der Waals surface area (Å²) in [5.41, 5.74) is 1.75. The van der Waals surface area contributed by atoms with E-state index in [4.69, 9.17) is 0 Å². The zero-order valence-corrected chi connectivity index (χ0v) is 18.6. The Labute approximate surface area is 184 Å². The second-order valence-electron chi connectivity index (χ2n) is 10.0. The molecule has 0 radical (unpaired) electrons. The van der Waals surface area contributed by atoms with Crippen molar-refractivity contribution in [1.29, 1.82) is 0 Å². The summed E-state index contributed by atoms with van der Waals surface area (Å²) >= 11 is 0.